The standard InChI is InChI=1S/C12H12N.3ClH.Sn/c1-9(13)11-7-6-10-4-2-3-5-12(10)8-11;;;;/h2-6,8-9H,13H2,1H3;3*1H;. The van der Waals surface area contributed by atoms with Crippen molar-refractivity contribution in [3.63, 3.8) is 0 Å². The molecular weight excluding hydrogens is 383 g/mol. The van der Waals surface area contributed by atoms with E-state index in [9.17, 15) is 0 Å². The maximum Gasteiger partial charge on any atom is -0.147 e. The molecule has 0 amide bonds. The molecule has 1 atom stereocenters. The van der Waals surface area contributed by atoms with Crippen molar-refractivity contribution >= 4 is 74.1 Å². The average Bonchev–Trinajstić information content (AvgIpc) is 2.16. The minimum absolute atomic E-state index is 0. The third-order valence-corrected chi connectivity index (χ3v) is 3.64. The van der Waals surface area contributed by atoms with Gasteiger partial charge in [-0.3, -0.25) is 0 Å². The van der Waals surface area contributed by atoms with Crippen molar-refractivity contribution in [3.05, 3.63) is 42.0 Å². The molecule has 93 valence electrons. The third kappa shape index (κ3) is 4.49. The van der Waals surface area contributed by atoms with Gasteiger partial charge in [-0.25, -0.2) is 0 Å². The van der Waals surface area contributed by atoms with Gasteiger partial charge in [0.1, 0.15) is 0 Å². The Balaban J connectivity index is 0. The van der Waals surface area contributed by atoms with Crippen LogP contribution in [-0.4, -0.2) is 22.5 Å². The zero-order valence-electron chi connectivity index (χ0n) is 9.34. The second kappa shape index (κ2) is 8.43. The van der Waals surface area contributed by atoms with E-state index in [4.69, 9.17) is 5.73 Å². The summed E-state index contributed by atoms with van der Waals surface area (Å²) in [5.41, 5.74) is 7.20. The van der Waals surface area contributed by atoms with Crippen molar-refractivity contribution in [1.29, 1.82) is 0 Å². The van der Waals surface area contributed by atoms with Crippen molar-refractivity contribution in [2.45, 2.75) is 13.0 Å². The molecule has 2 rings (SSSR count). The fourth-order valence-corrected chi connectivity index (χ4v) is 2.93. The van der Waals surface area contributed by atoms with Crippen molar-refractivity contribution in [2.75, 3.05) is 0 Å². The van der Waals surface area contributed by atoms with Gasteiger partial charge in [-0.2, -0.15) is 0 Å². The van der Waals surface area contributed by atoms with Crippen LogP contribution in [-0.2, 0) is 0 Å². The van der Waals surface area contributed by atoms with E-state index in [1.165, 1.54) is 42.4 Å². The minimum Gasteiger partial charge on any atom is -0.147 e. The Labute approximate surface area is 134 Å². The van der Waals surface area contributed by atoms with E-state index in [1.54, 1.807) is 0 Å². The normalized spacial score (nSPS) is 10.8. The molecule has 0 aliphatic heterocycles. The van der Waals surface area contributed by atoms with Crippen LogP contribution in [0.15, 0.2) is 36.4 Å². The molecule has 0 bridgehead atoms. The van der Waals surface area contributed by atoms with Gasteiger partial charge in [0.05, 0.1) is 0 Å². The predicted octanol–water partition coefficient (Wildman–Crippen LogP) is 2.92. The summed E-state index contributed by atoms with van der Waals surface area (Å²) in [5.74, 6) is 0. The van der Waals surface area contributed by atoms with Crippen LogP contribution >= 0.6 is 37.2 Å². The van der Waals surface area contributed by atoms with Crippen molar-refractivity contribution in [1.82, 2.24) is 0 Å². The van der Waals surface area contributed by atoms with Gasteiger partial charge in [0, 0.05) is 0 Å². The number of halogens is 3. The Bertz CT molecular complexity index is 474. The van der Waals surface area contributed by atoms with E-state index < -0.39 is 0 Å². The van der Waals surface area contributed by atoms with Gasteiger partial charge in [-0.1, -0.05) is 0 Å². The summed E-state index contributed by atoms with van der Waals surface area (Å²) in [4.78, 5) is 0. The molecule has 5 heteroatoms. The Morgan fingerprint density at radius 2 is 1.47 bits per heavy atom. The van der Waals surface area contributed by atoms with Crippen molar-refractivity contribution in [2.24, 2.45) is 5.73 Å². The first kappa shape index (κ1) is 19.7. The molecule has 2 aromatic carbocycles. The predicted molar refractivity (Wildman–Crippen MR) is 83.7 cm³/mol. The summed E-state index contributed by atoms with van der Waals surface area (Å²) in [5, 5.41) is 2.59. The van der Waals surface area contributed by atoms with Gasteiger partial charge in [0.25, 0.3) is 0 Å². The van der Waals surface area contributed by atoms with Gasteiger partial charge < -0.3 is 0 Å². The number of hydrogen-bond donors (Lipinski definition) is 1. The van der Waals surface area contributed by atoms with Gasteiger partial charge >= 0.3 is 97.5 Å². The molecule has 0 aromatic heterocycles. The maximum absolute atomic E-state index is 5.92. The van der Waals surface area contributed by atoms with E-state index >= 15 is 0 Å². The van der Waals surface area contributed by atoms with E-state index in [1.807, 2.05) is 6.92 Å². The molecule has 0 saturated heterocycles. The zero-order valence-corrected chi connectivity index (χ0v) is 14.6. The summed E-state index contributed by atoms with van der Waals surface area (Å²) in [7, 11) is 0. The van der Waals surface area contributed by atoms with Gasteiger partial charge in [0.15, 0.2) is 0 Å². The molecule has 0 aliphatic carbocycles. The zero-order chi connectivity index (χ0) is 10.1. The van der Waals surface area contributed by atoms with Crippen LogP contribution in [0.4, 0.5) is 0 Å². The molecule has 0 spiro atoms. The smallest absolute Gasteiger partial charge is 0.147 e. The second-order valence-corrected chi connectivity index (χ2v) is 5.11. The topological polar surface area (TPSA) is 26.0 Å². The summed E-state index contributed by atoms with van der Waals surface area (Å²) in [6.07, 6.45) is 0. The Morgan fingerprint density at radius 3 is 1.94 bits per heavy atom. The summed E-state index contributed by atoms with van der Waals surface area (Å²) < 4.78 is 1.37. The molecular formula is C12H15Cl3NSn. The number of nitrogens with two attached hydrogens (primary N) is 1. The van der Waals surface area contributed by atoms with Crippen LogP contribution < -0.4 is 9.31 Å². The largest absolute Gasteiger partial charge is 0.147 e. The van der Waals surface area contributed by atoms with Crippen LogP contribution in [0.1, 0.15) is 18.5 Å². The van der Waals surface area contributed by atoms with Crippen LogP contribution in [0, 0.1) is 0 Å². The average molecular weight is 398 g/mol. The summed E-state index contributed by atoms with van der Waals surface area (Å²) in [6.45, 7) is 2.04. The number of fused-ring (bicyclic) bond motifs is 1. The first-order chi connectivity index (χ1) is 6.68. The molecule has 0 heterocycles. The SMILES string of the molecule is CC(N)c1cc2ccccc2c[c]1[Sn].Cl.Cl.Cl. The molecule has 3 radical (unpaired) electrons. The van der Waals surface area contributed by atoms with Crippen molar-refractivity contribution < 1.29 is 0 Å². The number of hydrogen-bond acceptors (Lipinski definition) is 1. The maximum atomic E-state index is 5.92. The quantitative estimate of drug-likeness (QED) is 0.735. The third-order valence-electron chi connectivity index (χ3n) is 2.41. The minimum atomic E-state index is 0. The Hall–Kier alpha value is 0.329. The van der Waals surface area contributed by atoms with Gasteiger partial charge in [-0.05, 0) is 0 Å². The van der Waals surface area contributed by atoms with Crippen LogP contribution in [0.5, 0.6) is 0 Å². The Kier molecular flexibility index (Phi) is 9.76. The molecule has 1 unspecified atom stereocenters. The Morgan fingerprint density at radius 1 is 1.00 bits per heavy atom. The van der Waals surface area contributed by atoms with E-state index in [-0.39, 0.29) is 43.3 Å². The fourth-order valence-electron chi connectivity index (χ4n) is 1.63. The molecule has 1 nitrogen and oxygen atoms in total. The number of benzene rings is 2. The monoisotopic (exact) mass is 398 g/mol. The van der Waals surface area contributed by atoms with Gasteiger partial charge in [-0.15, -0.1) is 37.2 Å². The summed E-state index contributed by atoms with van der Waals surface area (Å²) in [6, 6.07) is 13.0. The molecule has 2 aromatic rings. The van der Waals surface area contributed by atoms with Gasteiger partial charge in [0.2, 0.25) is 0 Å². The van der Waals surface area contributed by atoms with Crippen LogP contribution in [0.2, 0.25) is 0 Å². The molecule has 0 saturated carbocycles. The first-order valence-corrected chi connectivity index (χ1v) is 6.11. The van der Waals surface area contributed by atoms with Crippen LogP contribution in [0.3, 0.4) is 0 Å². The van der Waals surface area contributed by atoms with E-state index in [0.717, 1.165) is 0 Å². The fraction of sp³-hybridized carbons (Fsp3) is 0.167. The molecule has 0 fully saturated rings. The molecule has 0 aliphatic rings. The second-order valence-electron chi connectivity index (χ2n) is 3.58. The number of rotatable bonds is 1. The molecule has 2 N–H and O–H groups in total. The molecule has 17 heavy (non-hydrogen) atoms. The van der Waals surface area contributed by atoms with E-state index in [2.05, 4.69) is 36.4 Å². The van der Waals surface area contributed by atoms with Crippen LogP contribution in [0.25, 0.3) is 10.8 Å². The summed E-state index contributed by atoms with van der Waals surface area (Å²) >= 11 is 1.43. The van der Waals surface area contributed by atoms with E-state index in [0.29, 0.717) is 0 Å². The van der Waals surface area contributed by atoms with Crippen molar-refractivity contribution in [3.8, 4) is 0 Å². The first-order valence-electron chi connectivity index (χ1n) is 4.68.